The highest BCUT2D eigenvalue weighted by molar-refractivity contribution is 5.48. The van der Waals surface area contributed by atoms with Gasteiger partial charge in [-0.25, -0.2) is 19.9 Å². The van der Waals surface area contributed by atoms with Gasteiger partial charge in [0, 0.05) is 54.5 Å². The molecular formula is C22H27N7. The molecule has 3 aromatic rings. The van der Waals surface area contributed by atoms with Crippen LogP contribution in [0.3, 0.4) is 0 Å². The second-order valence-electron chi connectivity index (χ2n) is 7.79. The quantitative estimate of drug-likeness (QED) is 0.712. The Balaban J connectivity index is 1.50. The summed E-state index contributed by atoms with van der Waals surface area (Å²) < 4.78 is 0. The van der Waals surface area contributed by atoms with Gasteiger partial charge in [-0.2, -0.15) is 0 Å². The van der Waals surface area contributed by atoms with Gasteiger partial charge in [-0.1, -0.05) is 6.07 Å². The van der Waals surface area contributed by atoms with Crippen molar-refractivity contribution in [2.75, 3.05) is 18.4 Å². The van der Waals surface area contributed by atoms with Crippen molar-refractivity contribution in [2.45, 2.75) is 46.1 Å². The number of hydrogen-bond donors (Lipinski definition) is 1. The minimum absolute atomic E-state index is 0.320. The van der Waals surface area contributed by atoms with Crippen LogP contribution < -0.4 is 5.32 Å². The molecule has 150 valence electrons. The molecular weight excluding hydrogens is 362 g/mol. The number of nitrogens with one attached hydrogen (secondary N) is 1. The van der Waals surface area contributed by atoms with Gasteiger partial charge >= 0.3 is 0 Å². The molecule has 0 radical (unpaired) electrons. The van der Waals surface area contributed by atoms with Gasteiger partial charge in [0.1, 0.15) is 11.6 Å². The Morgan fingerprint density at radius 3 is 2.59 bits per heavy atom. The van der Waals surface area contributed by atoms with Crippen molar-refractivity contribution in [1.29, 1.82) is 0 Å². The number of nitrogens with zero attached hydrogens (tertiary/aromatic N) is 6. The molecule has 4 heterocycles. The maximum atomic E-state index is 4.81. The maximum Gasteiger partial charge on any atom is 0.228 e. The zero-order valence-electron chi connectivity index (χ0n) is 17.3. The number of aryl methyl sites for hydroxylation is 3. The number of rotatable bonds is 5. The Morgan fingerprint density at radius 2 is 1.83 bits per heavy atom. The van der Waals surface area contributed by atoms with Gasteiger partial charge in [-0.3, -0.25) is 9.88 Å². The number of hydrogen-bond acceptors (Lipinski definition) is 7. The van der Waals surface area contributed by atoms with Crippen molar-refractivity contribution >= 4 is 11.8 Å². The molecule has 0 bridgehead atoms. The van der Waals surface area contributed by atoms with Crippen LogP contribution in [0.5, 0.6) is 0 Å². The molecule has 0 aromatic carbocycles. The average molecular weight is 390 g/mol. The van der Waals surface area contributed by atoms with Crippen molar-refractivity contribution in [3.63, 3.8) is 0 Å². The van der Waals surface area contributed by atoms with E-state index >= 15 is 0 Å². The first-order chi connectivity index (χ1) is 14.0. The van der Waals surface area contributed by atoms with Crippen molar-refractivity contribution in [3.05, 3.63) is 65.1 Å². The fraction of sp³-hybridized carbons (Fsp3) is 0.409. The monoisotopic (exact) mass is 389 g/mol. The summed E-state index contributed by atoms with van der Waals surface area (Å²) in [4.78, 5) is 25.2. The summed E-state index contributed by atoms with van der Waals surface area (Å²) in [5, 5.41) is 3.26. The molecule has 7 heteroatoms. The van der Waals surface area contributed by atoms with Gasteiger partial charge in [0.25, 0.3) is 0 Å². The highest BCUT2D eigenvalue weighted by Crippen LogP contribution is 2.27. The van der Waals surface area contributed by atoms with Gasteiger partial charge in [-0.05, 0) is 57.9 Å². The fourth-order valence-corrected chi connectivity index (χ4v) is 3.89. The van der Waals surface area contributed by atoms with Gasteiger partial charge in [0.05, 0.1) is 0 Å². The smallest absolute Gasteiger partial charge is 0.228 e. The molecule has 1 unspecified atom stereocenters. The molecule has 1 saturated heterocycles. The van der Waals surface area contributed by atoms with Crippen LogP contribution in [0.25, 0.3) is 0 Å². The molecule has 1 N–H and O–H groups in total. The SMILES string of the molecule is Cc1cc(C)nc(Nc2cc(C)nc(C3CCCN(Cc4cccnc4)C3)n2)n1. The predicted octanol–water partition coefficient (Wildman–Crippen LogP) is 3.71. The van der Waals surface area contributed by atoms with Crippen molar-refractivity contribution in [3.8, 4) is 0 Å². The third kappa shape index (κ3) is 5.12. The third-order valence-corrected chi connectivity index (χ3v) is 5.09. The highest BCUT2D eigenvalue weighted by atomic mass is 15.2. The number of anilines is 2. The molecule has 1 aliphatic rings. The normalized spacial score (nSPS) is 17.3. The van der Waals surface area contributed by atoms with Gasteiger partial charge in [0.2, 0.25) is 5.95 Å². The van der Waals surface area contributed by atoms with Crippen LogP contribution in [0.1, 0.15) is 47.2 Å². The lowest BCUT2D eigenvalue weighted by Gasteiger charge is -2.32. The Hall–Kier alpha value is -2.93. The number of aromatic nitrogens is 5. The highest BCUT2D eigenvalue weighted by Gasteiger charge is 2.24. The Morgan fingerprint density at radius 1 is 1.03 bits per heavy atom. The number of pyridine rings is 1. The summed E-state index contributed by atoms with van der Waals surface area (Å²) >= 11 is 0. The van der Waals surface area contributed by atoms with Gasteiger partial charge < -0.3 is 5.32 Å². The summed E-state index contributed by atoms with van der Waals surface area (Å²) in [6.07, 6.45) is 6.01. The molecule has 0 amide bonds. The Kier molecular flexibility index (Phi) is 5.76. The van der Waals surface area contributed by atoms with E-state index in [2.05, 4.69) is 31.2 Å². The van der Waals surface area contributed by atoms with E-state index in [1.807, 2.05) is 51.4 Å². The summed E-state index contributed by atoms with van der Waals surface area (Å²) in [5.41, 5.74) is 4.06. The van der Waals surface area contributed by atoms with E-state index in [1.165, 1.54) is 5.56 Å². The molecule has 1 fully saturated rings. The van der Waals surface area contributed by atoms with E-state index in [0.717, 1.165) is 61.2 Å². The van der Waals surface area contributed by atoms with E-state index in [9.17, 15) is 0 Å². The lowest BCUT2D eigenvalue weighted by Crippen LogP contribution is -2.34. The first kappa shape index (κ1) is 19.4. The molecule has 1 atom stereocenters. The molecule has 29 heavy (non-hydrogen) atoms. The third-order valence-electron chi connectivity index (χ3n) is 5.09. The topological polar surface area (TPSA) is 79.7 Å². The van der Waals surface area contributed by atoms with E-state index < -0.39 is 0 Å². The van der Waals surface area contributed by atoms with Crippen LogP contribution in [-0.4, -0.2) is 42.9 Å². The van der Waals surface area contributed by atoms with Crippen LogP contribution in [0.4, 0.5) is 11.8 Å². The summed E-state index contributed by atoms with van der Waals surface area (Å²) in [6.45, 7) is 8.91. The van der Waals surface area contributed by atoms with Gasteiger partial charge in [0.15, 0.2) is 0 Å². The summed E-state index contributed by atoms with van der Waals surface area (Å²) in [6, 6.07) is 8.03. The predicted molar refractivity (Wildman–Crippen MR) is 113 cm³/mol. The lowest BCUT2D eigenvalue weighted by atomic mass is 9.96. The number of piperidine rings is 1. The Labute approximate surface area is 171 Å². The second-order valence-corrected chi connectivity index (χ2v) is 7.79. The van der Waals surface area contributed by atoms with E-state index in [4.69, 9.17) is 9.97 Å². The van der Waals surface area contributed by atoms with Crippen molar-refractivity contribution in [2.24, 2.45) is 0 Å². The van der Waals surface area contributed by atoms with E-state index in [1.54, 1.807) is 0 Å². The number of likely N-dealkylation sites (tertiary alicyclic amines) is 1. The Bertz CT molecular complexity index is 954. The molecule has 0 saturated carbocycles. The zero-order valence-corrected chi connectivity index (χ0v) is 17.3. The average Bonchev–Trinajstić information content (AvgIpc) is 2.68. The zero-order chi connectivity index (χ0) is 20.2. The standard InChI is InChI=1S/C22H27N7/c1-15-10-16(2)26-22(25-15)28-20-11-17(3)24-21(27-20)19-7-5-9-29(14-19)13-18-6-4-8-23-12-18/h4,6,8,10-12,19H,5,7,9,13-14H2,1-3H3,(H,24,25,26,27,28). The first-order valence-electron chi connectivity index (χ1n) is 10.1. The van der Waals surface area contributed by atoms with E-state index in [0.29, 0.717) is 11.9 Å². The van der Waals surface area contributed by atoms with E-state index in [-0.39, 0.29) is 0 Å². The molecule has 4 rings (SSSR count). The molecule has 0 aliphatic carbocycles. The van der Waals surface area contributed by atoms with Gasteiger partial charge in [-0.15, -0.1) is 0 Å². The van der Waals surface area contributed by atoms with Crippen LogP contribution in [0.2, 0.25) is 0 Å². The second kappa shape index (κ2) is 8.61. The van der Waals surface area contributed by atoms with Crippen LogP contribution in [-0.2, 0) is 6.54 Å². The van der Waals surface area contributed by atoms with Crippen molar-refractivity contribution < 1.29 is 0 Å². The molecule has 7 nitrogen and oxygen atoms in total. The van der Waals surface area contributed by atoms with Crippen LogP contribution in [0.15, 0.2) is 36.7 Å². The summed E-state index contributed by atoms with van der Waals surface area (Å²) in [5.74, 6) is 2.55. The largest absolute Gasteiger partial charge is 0.309 e. The van der Waals surface area contributed by atoms with Crippen LogP contribution in [0, 0.1) is 20.8 Å². The van der Waals surface area contributed by atoms with Crippen molar-refractivity contribution in [1.82, 2.24) is 29.8 Å². The minimum Gasteiger partial charge on any atom is -0.309 e. The van der Waals surface area contributed by atoms with Crippen LogP contribution >= 0.6 is 0 Å². The summed E-state index contributed by atoms with van der Waals surface area (Å²) in [7, 11) is 0. The molecule has 1 aliphatic heterocycles. The molecule has 0 spiro atoms. The minimum atomic E-state index is 0.320. The lowest BCUT2D eigenvalue weighted by molar-refractivity contribution is 0.196. The fourth-order valence-electron chi connectivity index (χ4n) is 3.89. The molecule has 3 aromatic heterocycles. The first-order valence-corrected chi connectivity index (χ1v) is 10.1. The maximum absolute atomic E-state index is 4.81.